The molecule has 3 rings (SSSR count). The van der Waals surface area contributed by atoms with Gasteiger partial charge in [-0.25, -0.2) is 0 Å². The van der Waals surface area contributed by atoms with Gasteiger partial charge in [0, 0.05) is 23.9 Å². The number of carbonyl (C=O) groups is 1. The summed E-state index contributed by atoms with van der Waals surface area (Å²) in [4.78, 5) is 28.2. The molecular formula is C20H21N3O4S. The zero-order chi connectivity index (χ0) is 20.4. The lowest BCUT2D eigenvalue weighted by Crippen LogP contribution is -2.21. The van der Waals surface area contributed by atoms with E-state index in [2.05, 4.69) is 10.3 Å². The van der Waals surface area contributed by atoms with Crippen LogP contribution in [0.4, 0.5) is 5.69 Å². The second-order valence-electron chi connectivity index (χ2n) is 6.22. The average Bonchev–Trinajstić information content (AvgIpc) is 2.68. The molecule has 3 aromatic rings. The highest BCUT2D eigenvalue weighted by Gasteiger charge is 2.14. The molecule has 0 unspecified atom stereocenters. The van der Waals surface area contributed by atoms with Crippen LogP contribution in [-0.4, -0.2) is 29.7 Å². The number of methoxy groups -OCH3 is 2. The Bertz CT molecular complexity index is 1180. The number of rotatable bonds is 5. The van der Waals surface area contributed by atoms with Crippen molar-refractivity contribution in [3.63, 3.8) is 0 Å². The van der Waals surface area contributed by atoms with Crippen molar-refractivity contribution in [1.82, 2.24) is 9.55 Å². The van der Waals surface area contributed by atoms with Crippen molar-refractivity contribution in [3.05, 3.63) is 56.6 Å². The lowest BCUT2D eigenvalue weighted by atomic mass is 10.1. The van der Waals surface area contributed by atoms with Crippen LogP contribution < -0.4 is 20.3 Å². The number of hydrogen-bond acceptors (Lipinski definition) is 5. The molecule has 0 aliphatic heterocycles. The molecule has 0 atom stereocenters. The Kier molecular flexibility index (Phi) is 5.51. The van der Waals surface area contributed by atoms with E-state index in [9.17, 15) is 9.59 Å². The largest absolute Gasteiger partial charge is 0.493 e. The maximum atomic E-state index is 12.8. The van der Waals surface area contributed by atoms with Gasteiger partial charge in [-0.2, -0.15) is 0 Å². The summed E-state index contributed by atoms with van der Waals surface area (Å²) >= 11 is 5.23. The highest BCUT2D eigenvalue weighted by Crippen LogP contribution is 2.33. The van der Waals surface area contributed by atoms with Crippen LogP contribution in [0.2, 0.25) is 0 Å². The molecule has 28 heavy (non-hydrogen) atoms. The van der Waals surface area contributed by atoms with E-state index in [0.717, 1.165) is 5.56 Å². The molecule has 7 nitrogen and oxygen atoms in total. The van der Waals surface area contributed by atoms with Crippen molar-refractivity contribution in [3.8, 4) is 11.5 Å². The standard InChI is InChI=1S/C20H21N3O4S/c1-5-23-19(25)13-7-6-12(9-15(13)22-20(23)28)18(24)21-14-10-17(27-4)16(26-3)8-11(14)2/h6-10H,5H2,1-4H3,(H,21,24)(H,22,28). The Morgan fingerprint density at radius 3 is 2.50 bits per heavy atom. The van der Waals surface area contributed by atoms with Crippen LogP contribution in [0.25, 0.3) is 10.9 Å². The molecule has 0 saturated heterocycles. The summed E-state index contributed by atoms with van der Waals surface area (Å²) < 4.78 is 12.4. The SMILES string of the molecule is CCn1c(=S)[nH]c2cc(C(=O)Nc3cc(OC)c(OC)cc3C)ccc2c1=O. The summed E-state index contributed by atoms with van der Waals surface area (Å²) in [5.74, 6) is 0.797. The summed E-state index contributed by atoms with van der Waals surface area (Å²) in [6.45, 7) is 4.19. The third kappa shape index (κ3) is 3.50. The molecular weight excluding hydrogens is 378 g/mol. The molecule has 8 heteroatoms. The van der Waals surface area contributed by atoms with Crippen LogP contribution >= 0.6 is 12.2 Å². The number of ether oxygens (including phenoxy) is 2. The number of amides is 1. The predicted molar refractivity (Wildman–Crippen MR) is 111 cm³/mol. The van der Waals surface area contributed by atoms with Gasteiger partial charge in [0.1, 0.15) is 0 Å². The van der Waals surface area contributed by atoms with Gasteiger partial charge in [0.05, 0.1) is 25.1 Å². The van der Waals surface area contributed by atoms with E-state index in [-0.39, 0.29) is 11.5 Å². The summed E-state index contributed by atoms with van der Waals surface area (Å²) in [7, 11) is 3.09. The molecule has 146 valence electrons. The van der Waals surface area contributed by atoms with Gasteiger partial charge in [-0.3, -0.25) is 14.2 Å². The number of aromatic amines is 1. The molecule has 1 amide bonds. The third-order valence-electron chi connectivity index (χ3n) is 4.54. The predicted octanol–water partition coefficient (Wildman–Crippen LogP) is 3.66. The molecule has 2 aromatic carbocycles. The number of anilines is 1. The number of carbonyl (C=O) groups excluding carboxylic acids is 1. The van der Waals surface area contributed by atoms with E-state index >= 15 is 0 Å². The lowest BCUT2D eigenvalue weighted by molar-refractivity contribution is 0.102. The van der Waals surface area contributed by atoms with E-state index in [1.807, 2.05) is 13.8 Å². The van der Waals surface area contributed by atoms with E-state index in [4.69, 9.17) is 21.7 Å². The monoisotopic (exact) mass is 399 g/mol. The highest BCUT2D eigenvalue weighted by atomic mass is 32.1. The molecule has 1 heterocycles. The molecule has 2 N–H and O–H groups in total. The fourth-order valence-electron chi connectivity index (χ4n) is 2.99. The minimum atomic E-state index is -0.309. The first kappa shape index (κ1) is 19.6. The number of benzene rings is 2. The molecule has 0 spiro atoms. The molecule has 1 aromatic heterocycles. The maximum Gasteiger partial charge on any atom is 0.262 e. The van der Waals surface area contributed by atoms with Crippen LogP contribution in [0.1, 0.15) is 22.8 Å². The number of nitrogens with one attached hydrogen (secondary N) is 2. The first-order valence-corrected chi connectivity index (χ1v) is 9.11. The Hall–Kier alpha value is -3.13. The van der Waals surface area contributed by atoms with E-state index in [0.29, 0.717) is 45.0 Å². The molecule has 0 aliphatic rings. The highest BCUT2D eigenvalue weighted by molar-refractivity contribution is 7.71. The minimum absolute atomic E-state index is 0.177. The van der Waals surface area contributed by atoms with Crippen LogP contribution in [-0.2, 0) is 6.54 Å². The van der Waals surface area contributed by atoms with Gasteiger partial charge in [0.25, 0.3) is 11.5 Å². The summed E-state index contributed by atoms with van der Waals surface area (Å²) in [5.41, 5.74) is 2.19. The fraction of sp³-hybridized carbons (Fsp3) is 0.250. The zero-order valence-corrected chi connectivity index (χ0v) is 16.9. The summed E-state index contributed by atoms with van der Waals surface area (Å²) in [5, 5.41) is 3.35. The van der Waals surface area contributed by atoms with Crippen molar-refractivity contribution >= 4 is 34.7 Å². The molecule has 0 aliphatic carbocycles. The van der Waals surface area contributed by atoms with Crippen molar-refractivity contribution in [2.45, 2.75) is 20.4 Å². The van der Waals surface area contributed by atoms with E-state index < -0.39 is 0 Å². The van der Waals surface area contributed by atoms with Gasteiger partial charge >= 0.3 is 0 Å². The zero-order valence-electron chi connectivity index (χ0n) is 16.1. The second kappa shape index (κ2) is 7.85. The molecule has 0 radical (unpaired) electrons. The Labute approximate surface area is 166 Å². The van der Waals surface area contributed by atoms with Gasteiger partial charge in [-0.15, -0.1) is 0 Å². The second-order valence-corrected chi connectivity index (χ2v) is 6.60. The fourth-order valence-corrected chi connectivity index (χ4v) is 3.31. The number of aromatic nitrogens is 2. The van der Waals surface area contributed by atoms with E-state index in [1.54, 1.807) is 37.4 Å². The molecule has 0 saturated carbocycles. The molecule has 0 fully saturated rings. The lowest BCUT2D eigenvalue weighted by Gasteiger charge is -2.14. The third-order valence-corrected chi connectivity index (χ3v) is 4.86. The van der Waals surface area contributed by atoms with Crippen LogP contribution in [0, 0.1) is 11.7 Å². The average molecular weight is 399 g/mol. The van der Waals surface area contributed by atoms with Crippen molar-refractivity contribution < 1.29 is 14.3 Å². The van der Waals surface area contributed by atoms with Crippen molar-refractivity contribution in [2.75, 3.05) is 19.5 Å². The smallest absolute Gasteiger partial charge is 0.262 e. The quantitative estimate of drug-likeness (QED) is 0.640. The van der Waals surface area contributed by atoms with Gasteiger partial charge in [-0.1, -0.05) is 0 Å². The Morgan fingerprint density at radius 2 is 1.86 bits per heavy atom. The molecule has 0 bridgehead atoms. The minimum Gasteiger partial charge on any atom is -0.493 e. The topological polar surface area (TPSA) is 85.3 Å². The number of nitrogens with zero attached hydrogens (tertiary/aromatic N) is 1. The van der Waals surface area contributed by atoms with Crippen molar-refractivity contribution in [2.24, 2.45) is 0 Å². The van der Waals surface area contributed by atoms with Gasteiger partial charge in [0.2, 0.25) is 0 Å². The normalized spacial score (nSPS) is 10.7. The Morgan fingerprint density at radius 1 is 1.18 bits per heavy atom. The summed E-state index contributed by atoms with van der Waals surface area (Å²) in [6, 6.07) is 8.37. The maximum absolute atomic E-state index is 12.8. The van der Waals surface area contributed by atoms with Crippen LogP contribution in [0.5, 0.6) is 11.5 Å². The number of hydrogen-bond donors (Lipinski definition) is 2. The number of aryl methyl sites for hydroxylation is 1. The first-order valence-electron chi connectivity index (χ1n) is 8.70. The number of H-pyrrole nitrogens is 1. The van der Waals surface area contributed by atoms with Gasteiger partial charge in [-0.05, 0) is 55.9 Å². The van der Waals surface area contributed by atoms with Crippen molar-refractivity contribution in [1.29, 1.82) is 0 Å². The van der Waals surface area contributed by atoms with Gasteiger partial charge in [0.15, 0.2) is 16.3 Å². The first-order chi connectivity index (χ1) is 13.4. The Balaban J connectivity index is 1.98. The van der Waals surface area contributed by atoms with Crippen LogP contribution in [0.3, 0.4) is 0 Å². The van der Waals surface area contributed by atoms with Gasteiger partial charge < -0.3 is 19.8 Å². The summed E-state index contributed by atoms with van der Waals surface area (Å²) in [6.07, 6.45) is 0. The van der Waals surface area contributed by atoms with Crippen LogP contribution in [0.15, 0.2) is 35.1 Å². The van der Waals surface area contributed by atoms with E-state index in [1.165, 1.54) is 11.7 Å². The number of fused-ring (bicyclic) bond motifs is 1.